The molecule has 0 saturated heterocycles. The first-order chi connectivity index (χ1) is 6.36. The van der Waals surface area contributed by atoms with Gasteiger partial charge in [0, 0.05) is 7.11 Å². The summed E-state index contributed by atoms with van der Waals surface area (Å²) < 4.78 is 10.5. The normalized spacial score (nSPS) is 36.8. The molecule has 1 N–H and O–H groups in total. The summed E-state index contributed by atoms with van der Waals surface area (Å²) in [4.78, 5) is 0. The van der Waals surface area contributed by atoms with E-state index < -0.39 is 0 Å². The minimum atomic E-state index is -0.226. The van der Waals surface area contributed by atoms with Crippen molar-refractivity contribution in [2.45, 2.75) is 12.7 Å². The van der Waals surface area contributed by atoms with E-state index >= 15 is 0 Å². The van der Waals surface area contributed by atoms with Gasteiger partial charge in [0.25, 0.3) is 0 Å². The van der Waals surface area contributed by atoms with Gasteiger partial charge in [0.05, 0.1) is 18.8 Å². The Kier molecular flexibility index (Phi) is 2.38. The van der Waals surface area contributed by atoms with Crippen molar-refractivity contribution in [3.05, 3.63) is 24.0 Å². The van der Waals surface area contributed by atoms with Crippen molar-refractivity contribution in [2.24, 2.45) is 11.8 Å². The zero-order chi connectivity index (χ0) is 9.26. The summed E-state index contributed by atoms with van der Waals surface area (Å²) in [6.45, 7) is 0.109. The fraction of sp³-hybridized carbons (Fsp3) is 0.600. The lowest BCUT2D eigenvalue weighted by atomic mass is 9.89. The highest BCUT2D eigenvalue weighted by Gasteiger charge is 2.37. The lowest BCUT2D eigenvalue weighted by molar-refractivity contribution is -0.127. The van der Waals surface area contributed by atoms with E-state index in [1.165, 1.54) is 0 Å². The molecule has 3 atom stereocenters. The van der Waals surface area contributed by atoms with E-state index in [1.54, 1.807) is 13.4 Å². The molecular formula is C10H14O3. The number of allylic oxidation sites excluding steroid dienone is 2. The molecule has 2 aliphatic rings. The van der Waals surface area contributed by atoms with Crippen LogP contribution in [0.4, 0.5) is 0 Å². The minimum Gasteiger partial charge on any atom is -0.472 e. The molecule has 3 heteroatoms. The summed E-state index contributed by atoms with van der Waals surface area (Å²) in [6, 6.07) is 0. The summed E-state index contributed by atoms with van der Waals surface area (Å²) >= 11 is 0. The van der Waals surface area contributed by atoms with Gasteiger partial charge in [-0.15, -0.1) is 0 Å². The Morgan fingerprint density at radius 2 is 2.54 bits per heavy atom. The van der Waals surface area contributed by atoms with Gasteiger partial charge >= 0.3 is 0 Å². The second-order valence-electron chi connectivity index (χ2n) is 3.43. The molecule has 0 spiro atoms. The van der Waals surface area contributed by atoms with Crippen LogP contribution in [-0.4, -0.2) is 25.1 Å². The van der Waals surface area contributed by atoms with Gasteiger partial charge in [-0.2, -0.15) is 0 Å². The Morgan fingerprint density at radius 1 is 1.69 bits per heavy atom. The number of rotatable bonds is 2. The van der Waals surface area contributed by atoms with Gasteiger partial charge in [-0.3, -0.25) is 0 Å². The van der Waals surface area contributed by atoms with Gasteiger partial charge in [-0.1, -0.05) is 6.08 Å². The average molecular weight is 182 g/mol. The highest BCUT2D eigenvalue weighted by atomic mass is 16.7. The number of aliphatic hydroxyl groups excluding tert-OH is 1. The predicted molar refractivity (Wildman–Crippen MR) is 47.8 cm³/mol. The molecule has 1 aliphatic heterocycles. The summed E-state index contributed by atoms with van der Waals surface area (Å²) in [5.41, 5.74) is 1.04. The Labute approximate surface area is 77.7 Å². The molecule has 3 nitrogen and oxygen atoms in total. The molecule has 1 heterocycles. The molecular weight excluding hydrogens is 168 g/mol. The number of aliphatic hydroxyl groups is 1. The molecule has 0 saturated carbocycles. The van der Waals surface area contributed by atoms with Crippen LogP contribution in [-0.2, 0) is 9.47 Å². The fourth-order valence-electron chi connectivity index (χ4n) is 2.10. The summed E-state index contributed by atoms with van der Waals surface area (Å²) in [5.74, 6) is 0.654. The monoisotopic (exact) mass is 182 g/mol. The molecule has 0 unspecified atom stereocenters. The van der Waals surface area contributed by atoms with Crippen molar-refractivity contribution in [1.82, 2.24) is 0 Å². The SMILES string of the molecule is CO[C@@H]1OC=C[C@@H]2CC=C(CO)[C@@H]12. The first-order valence-corrected chi connectivity index (χ1v) is 4.51. The molecule has 2 rings (SSSR count). The van der Waals surface area contributed by atoms with Crippen LogP contribution in [0.25, 0.3) is 0 Å². The van der Waals surface area contributed by atoms with Gasteiger partial charge in [0.1, 0.15) is 0 Å². The molecule has 0 fully saturated rings. The largest absolute Gasteiger partial charge is 0.472 e. The van der Waals surface area contributed by atoms with E-state index in [0.717, 1.165) is 12.0 Å². The molecule has 0 bridgehead atoms. The van der Waals surface area contributed by atoms with E-state index in [-0.39, 0.29) is 18.8 Å². The lowest BCUT2D eigenvalue weighted by Crippen LogP contribution is -2.32. The third-order valence-corrected chi connectivity index (χ3v) is 2.79. The van der Waals surface area contributed by atoms with Gasteiger partial charge in [0.15, 0.2) is 0 Å². The van der Waals surface area contributed by atoms with E-state index in [4.69, 9.17) is 14.6 Å². The molecule has 0 aromatic heterocycles. The van der Waals surface area contributed by atoms with Crippen LogP contribution in [0.1, 0.15) is 6.42 Å². The summed E-state index contributed by atoms with van der Waals surface area (Å²) in [5, 5.41) is 9.11. The molecule has 13 heavy (non-hydrogen) atoms. The topological polar surface area (TPSA) is 38.7 Å². The van der Waals surface area contributed by atoms with E-state index in [0.29, 0.717) is 5.92 Å². The summed E-state index contributed by atoms with van der Waals surface area (Å²) in [7, 11) is 1.63. The first kappa shape index (κ1) is 8.78. The number of methoxy groups -OCH3 is 1. The highest BCUT2D eigenvalue weighted by Crippen LogP contribution is 2.38. The number of fused-ring (bicyclic) bond motifs is 1. The van der Waals surface area contributed by atoms with Crippen molar-refractivity contribution < 1.29 is 14.6 Å². The Bertz CT molecular complexity index is 245. The smallest absolute Gasteiger partial charge is 0.205 e. The third kappa shape index (κ3) is 1.38. The van der Waals surface area contributed by atoms with Crippen LogP contribution in [0.15, 0.2) is 24.0 Å². The fourth-order valence-corrected chi connectivity index (χ4v) is 2.10. The van der Waals surface area contributed by atoms with Crippen molar-refractivity contribution in [3.63, 3.8) is 0 Å². The van der Waals surface area contributed by atoms with E-state index in [2.05, 4.69) is 6.08 Å². The average Bonchev–Trinajstić information content (AvgIpc) is 2.60. The van der Waals surface area contributed by atoms with Crippen LogP contribution >= 0.6 is 0 Å². The van der Waals surface area contributed by atoms with Gasteiger partial charge in [0.2, 0.25) is 6.29 Å². The maximum atomic E-state index is 9.11. The number of hydrogen-bond acceptors (Lipinski definition) is 3. The standard InChI is InChI=1S/C10H14O3/c1-12-10-9-7(4-5-13-10)2-3-8(9)6-11/h3-5,7,9-11H,2,6H2,1H3/t7-,9-,10+/m0/s1. The number of hydrogen-bond donors (Lipinski definition) is 1. The molecule has 0 radical (unpaired) electrons. The zero-order valence-corrected chi connectivity index (χ0v) is 7.64. The van der Waals surface area contributed by atoms with Crippen LogP contribution in [0.2, 0.25) is 0 Å². The maximum Gasteiger partial charge on any atom is 0.205 e. The molecule has 0 aromatic rings. The van der Waals surface area contributed by atoms with Crippen molar-refractivity contribution in [2.75, 3.05) is 13.7 Å². The van der Waals surface area contributed by atoms with E-state index in [9.17, 15) is 0 Å². The zero-order valence-electron chi connectivity index (χ0n) is 7.64. The third-order valence-electron chi connectivity index (χ3n) is 2.79. The highest BCUT2D eigenvalue weighted by molar-refractivity contribution is 5.21. The van der Waals surface area contributed by atoms with Crippen LogP contribution in [0.3, 0.4) is 0 Å². The summed E-state index contributed by atoms with van der Waals surface area (Å²) in [6.07, 6.45) is 6.58. The van der Waals surface area contributed by atoms with Gasteiger partial charge < -0.3 is 14.6 Å². The van der Waals surface area contributed by atoms with Gasteiger partial charge in [-0.25, -0.2) is 0 Å². The molecule has 0 aromatic carbocycles. The van der Waals surface area contributed by atoms with Crippen molar-refractivity contribution >= 4 is 0 Å². The maximum absolute atomic E-state index is 9.11. The van der Waals surface area contributed by atoms with Crippen molar-refractivity contribution in [1.29, 1.82) is 0 Å². The molecule has 72 valence electrons. The van der Waals surface area contributed by atoms with E-state index in [1.807, 2.05) is 6.08 Å². The van der Waals surface area contributed by atoms with Crippen LogP contribution < -0.4 is 0 Å². The predicted octanol–water partition coefficient (Wildman–Crippen LogP) is 1.06. The quantitative estimate of drug-likeness (QED) is 0.649. The Hall–Kier alpha value is -0.800. The second kappa shape index (κ2) is 3.52. The molecule has 0 amide bonds. The Balaban J connectivity index is 2.19. The number of ether oxygens (including phenoxy) is 2. The Morgan fingerprint density at radius 3 is 3.23 bits per heavy atom. The minimum absolute atomic E-state index is 0.109. The van der Waals surface area contributed by atoms with Crippen LogP contribution in [0.5, 0.6) is 0 Å². The first-order valence-electron chi connectivity index (χ1n) is 4.51. The second-order valence-corrected chi connectivity index (χ2v) is 3.43. The molecule has 1 aliphatic carbocycles. The van der Waals surface area contributed by atoms with Crippen LogP contribution in [0, 0.1) is 11.8 Å². The van der Waals surface area contributed by atoms with Crippen molar-refractivity contribution in [3.8, 4) is 0 Å². The lowest BCUT2D eigenvalue weighted by Gasteiger charge is -2.30. The van der Waals surface area contributed by atoms with Gasteiger partial charge in [-0.05, 0) is 24.0 Å².